The van der Waals surface area contributed by atoms with E-state index in [4.69, 9.17) is 4.42 Å². The topological polar surface area (TPSA) is 96.3 Å². The average Bonchev–Trinajstić information content (AvgIpc) is 3.31. The number of anilines is 2. The number of rotatable bonds is 6. The highest BCUT2D eigenvalue weighted by atomic mass is 32.1. The highest BCUT2D eigenvalue weighted by molar-refractivity contribution is 7.14. The lowest BCUT2D eigenvalue weighted by atomic mass is 10.2. The number of nitrogens with one attached hydrogen (secondary N) is 3. The fourth-order valence-electron chi connectivity index (χ4n) is 2.46. The van der Waals surface area contributed by atoms with E-state index in [1.54, 1.807) is 42.7 Å². The standard InChI is InChI=1S/C20H22N4O3S/c1-12(2)19-22-13(3)17(28-19)18(25)23-14-6-8-15(9-7-14)24-20(26)21-11-16-5-4-10-27-16/h4-10,12H,11H2,1-3H3,(H,23,25)(H2,21,24,26). The number of hydrogen-bond donors (Lipinski definition) is 3. The first-order chi connectivity index (χ1) is 13.4. The summed E-state index contributed by atoms with van der Waals surface area (Å²) >= 11 is 1.41. The number of furan rings is 1. The van der Waals surface area contributed by atoms with Crippen LogP contribution in [0.25, 0.3) is 0 Å². The predicted octanol–water partition coefficient (Wildman–Crippen LogP) is 4.74. The highest BCUT2D eigenvalue weighted by Gasteiger charge is 2.17. The quantitative estimate of drug-likeness (QED) is 0.559. The molecule has 3 N–H and O–H groups in total. The van der Waals surface area contributed by atoms with Crippen LogP contribution in [0.3, 0.4) is 0 Å². The summed E-state index contributed by atoms with van der Waals surface area (Å²) in [5, 5.41) is 9.24. The van der Waals surface area contributed by atoms with Gasteiger partial charge in [0, 0.05) is 17.3 Å². The van der Waals surface area contributed by atoms with Gasteiger partial charge in [-0.25, -0.2) is 9.78 Å². The summed E-state index contributed by atoms with van der Waals surface area (Å²) in [6.45, 7) is 6.25. The second-order valence-corrected chi connectivity index (χ2v) is 7.57. The van der Waals surface area contributed by atoms with E-state index in [0.29, 0.717) is 28.6 Å². The van der Waals surface area contributed by atoms with Crippen LogP contribution in [-0.2, 0) is 6.54 Å². The lowest BCUT2D eigenvalue weighted by Crippen LogP contribution is -2.27. The molecule has 0 saturated heterocycles. The molecule has 0 fully saturated rings. The molecule has 2 heterocycles. The van der Waals surface area contributed by atoms with Crippen LogP contribution < -0.4 is 16.0 Å². The number of carbonyl (C=O) groups is 2. The second kappa shape index (κ2) is 8.71. The number of carbonyl (C=O) groups excluding carboxylic acids is 2. The van der Waals surface area contributed by atoms with Gasteiger partial charge < -0.3 is 20.4 Å². The molecule has 28 heavy (non-hydrogen) atoms. The number of thiazole rings is 1. The zero-order valence-corrected chi connectivity index (χ0v) is 16.7. The summed E-state index contributed by atoms with van der Waals surface area (Å²) in [4.78, 5) is 29.5. The Labute approximate surface area is 167 Å². The molecule has 7 nitrogen and oxygen atoms in total. The molecule has 146 valence electrons. The van der Waals surface area contributed by atoms with Crippen LogP contribution in [0, 0.1) is 6.92 Å². The fraction of sp³-hybridized carbons (Fsp3) is 0.250. The third kappa shape index (κ3) is 4.98. The average molecular weight is 398 g/mol. The highest BCUT2D eigenvalue weighted by Crippen LogP contribution is 2.25. The Morgan fingerprint density at radius 1 is 1.11 bits per heavy atom. The molecule has 0 radical (unpaired) electrons. The molecule has 1 aromatic carbocycles. The molecule has 0 aliphatic carbocycles. The molecular formula is C20H22N4O3S. The minimum atomic E-state index is -0.338. The van der Waals surface area contributed by atoms with E-state index in [-0.39, 0.29) is 17.9 Å². The Morgan fingerprint density at radius 3 is 2.36 bits per heavy atom. The molecule has 3 aromatic rings. The van der Waals surface area contributed by atoms with Gasteiger partial charge in [-0.1, -0.05) is 13.8 Å². The summed E-state index contributed by atoms with van der Waals surface area (Å²) in [7, 11) is 0. The molecule has 0 bridgehead atoms. The van der Waals surface area contributed by atoms with Crippen molar-refractivity contribution in [3.8, 4) is 0 Å². The molecule has 0 atom stereocenters. The van der Waals surface area contributed by atoms with Gasteiger partial charge in [0.25, 0.3) is 5.91 Å². The molecule has 0 unspecified atom stereocenters. The molecule has 2 aromatic heterocycles. The number of urea groups is 1. The fourth-order valence-corrected chi connectivity index (χ4v) is 3.42. The Bertz CT molecular complexity index is 947. The van der Waals surface area contributed by atoms with E-state index >= 15 is 0 Å². The van der Waals surface area contributed by atoms with Crippen LogP contribution in [0.5, 0.6) is 0 Å². The maximum atomic E-state index is 12.5. The van der Waals surface area contributed by atoms with Crippen LogP contribution in [0.4, 0.5) is 16.2 Å². The van der Waals surface area contributed by atoms with Gasteiger partial charge in [-0.15, -0.1) is 11.3 Å². The third-order valence-corrected chi connectivity index (χ3v) is 5.37. The number of hydrogen-bond acceptors (Lipinski definition) is 5. The monoisotopic (exact) mass is 398 g/mol. The number of aryl methyl sites for hydroxylation is 1. The van der Waals surface area contributed by atoms with Gasteiger partial charge in [-0.3, -0.25) is 4.79 Å². The van der Waals surface area contributed by atoms with Gasteiger partial charge in [0.1, 0.15) is 10.6 Å². The van der Waals surface area contributed by atoms with Crippen molar-refractivity contribution in [2.45, 2.75) is 33.2 Å². The summed E-state index contributed by atoms with van der Waals surface area (Å²) in [5.41, 5.74) is 1.99. The molecule has 3 rings (SSSR count). The summed E-state index contributed by atoms with van der Waals surface area (Å²) in [5.74, 6) is 0.778. The van der Waals surface area contributed by atoms with Crippen molar-refractivity contribution in [2.75, 3.05) is 10.6 Å². The lowest BCUT2D eigenvalue weighted by Gasteiger charge is -2.08. The first-order valence-electron chi connectivity index (χ1n) is 8.88. The predicted molar refractivity (Wildman–Crippen MR) is 110 cm³/mol. The zero-order valence-electron chi connectivity index (χ0n) is 15.9. The van der Waals surface area contributed by atoms with Crippen LogP contribution in [0.15, 0.2) is 47.1 Å². The molecule has 0 aliphatic heterocycles. The Kier molecular flexibility index (Phi) is 6.10. The van der Waals surface area contributed by atoms with E-state index in [9.17, 15) is 9.59 Å². The van der Waals surface area contributed by atoms with Gasteiger partial charge >= 0.3 is 6.03 Å². The number of aromatic nitrogens is 1. The van der Waals surface area contributed by atoms with E-state index < -0.39 is 0 Å². The summed E-state index contributed by atoms with van der Waals surface area (Å²) < 4.78 is 5.16. The summed E-state index contributed by atoms with van der Waals surface area (Å²) in [6, 6.07) is 10.1. The van der Waals surface area contributed by atoms with Crippen LogP contribution >= 0.6 is 11.3 Å². The maximum Gasteiger partial charge on any atom is 0.319 e. The Hall–Kier alpha value is -3.13. The van der Waals surface area contributed by atoms with Gasteiger partial charge in [-0.05, 0) is 43.3 Å². The number of amides is 3. The summed E-state index contributed by atoms with van der Waals surface area (Å²) in [6.07, 6.45) is 1.55. The van der Waals surface area contributed by atoms with Crippen molar-refractivity contribution in [2.24, 2.45) is 0 Å². The van der Waals surface area contributed by atoms with E-state index in [1.807, 2.05) is 6.92 Å². The van der Waals surface area contributed by atoms with Gasteiger partial charge in [-0.2, -0.15) is 0 Å². The first-order valence-corrected chi connectivity index (χ1v) is 9.70. The Morgan fingerprint density at radius 2 is 1.79 bits per heavy atom. The minimum Gasteiger partial charge on any atom is -0.467 e. The maximum absolute atomic E-state index is 12.5. The first kappa shape index (κ1) is 19.6. The normalized spacial score (nSPS) is 10.7. The van der Waals surface area contributed by atoms with Crippen LogP contribution in [0.2, 0.25) is 0 Å². The van der Waals surface area contributed by atoms with Gasteiger partial charge in [0.05, 0.1) is 23.5 Å². The third-order valence-electron chi connectivity index (χ3n) is 3.92. The molecule has 8 heteroatoms. The zero-order chi connectivity index (χ0) is 20.1. The van der Waals surface area contributed by atoms with Gasteiger partial charge in [0.2, 0.25) is 0 Å². The second-order valence-electron chi connectivity index (χ2n) is 6.54. The minimum absolute atomic E-state index is 0.182. The van der Waals surface area contributed by atoms with E-state index in [2.05, 4.69) is 34.8 Å². The van der Waals surface area contributed by atoms with Crippen LogP contribution in [0.1, 0.15) is 45.9 Å². The largest absolute Gasteiger partial charge is 0.467 e. The molecule has 0 spiro atoms. The molecular weight excluding hydrogens is 376 g/mol. The van der Waals surface area contributed by atoms with E-state index in [0.717, 1.165) is 10.7 Å². The van der Waals surface area contributed by atoms with Crippen molar-refractivity contribution in [1.29, 1.82) is 0 Å². The van der Waals surface area contributed by atoms with Crippen molar-refractivity contribution in [3.63, 3.8) is 0 Å². The molecule has 0 aliphatic rings. The van der Waals surface area contributed by atoms with Crippen molar-refractivity contribution in [1.82, 2.24) is 10.3 Å². The number of benzene rings is 1. The lowest BCUT2D eigenvalue weighted by molar-refractivity contribution is 0.103. The van der Waals surface area contributed by atoms with Gasteiger partial charge in [0.15, 0.2) is 0 Å². The SMILES string of the molecule is Cc1nc(C(C)C)sc1C(=O)Nc1ccc(NC(=O)NCc2ccco2)cc1. The van der Waals surface area contributed by atoms with Crippen molar-refractivity contribution in [3.05, 3.63) is 64.0 Å². The Balaban J connectivity index is 1.55. The van der Waals surface area contributed by atoms with Crippen molar-refractivity contribution < 1.29 is 14.0 Å². The molecule has 3 amide bonds. The van der Waals surface area contributed by atoms with E-state index in [1.165, 1.54) is 11.3 Å². The smallest absolute Gasteiger partial charge is 0.319 e. The molecule has 0 saturated carbocycles. The number of nitrogens with zero attached hydrogens (tertiary/aromatic N) is 1. The van der Waals surface area contributed by atoms with Crippen molar-refractivity contribution >= 4 is 34.6 Å². The van der Waals surface area contributed by atoms with Crippen LogP contribution in [-0.4, -0.2) is 16.9 Å².